The standard InChI is InChI=1S/C14H30N4O/c1-6-12(7-2)10-17-14(15-5)16-9-8-13(19)18-11(3)4/h11-12H,6-10H2,1-5H3,(H,18,19)(H2,15,16,17). The van der Waals surface area contributed by atoms with Crippen molar-refractivity contribution in [2.75, 3.05) is 20.1 Å². The van der Waals surface area contributed by atoms with Gasteiger partial charge in [0.15, 0.2) is 5.96 Å². The lowest BCUT2D eigenvalue weighted by Gasteiger charge is -2.16. The van der Waals surface area contributed by atoms with Crippen LogP contribution in [0.3, 0.4) is 0 Å². The number of nitrogens with zero attached hydrogens (tertiary/aromatic N) is 1. The third kappa shape index (κ3) is 9.33. The zero-order valence-electron chi connectivity index (χ0n) is 13.0. The molecule has 0 unspecified atom stereocenters. The van der Waals surface area contributed by atoms with Gasteiger partial charge in [-0.3, -0.25) is 9.79 Å². The number of aliphatic imine (C=N–C) groups is 1. The maximum atomic E-state index is 11.5. The van der Waals surface area contributed by atoms with E-state index in [2.05, 4.69) is 34.8 Å². The van der Waals surface area contributed by atoms with Crippen molar-refractivity contribution in [3.05, 3.63) is 0 Å². The Bertz CT molecular complexity index is 273. The molecule has 0 aliphatic rings. The Morgan fingerprint density at radius 3 is 2.26 bits per heavy atom. The van der Waals surface area contributed by atoms with Gasteiger partial charge < -0.3 is 16.0 Å². The molecule has 0 aliphatic carbocycles. The monoisotopic (exact) mass is 270 g/mol. The van der Waals surface area contributed by atoms with Gasteiger partial charge >= 0.3 is 0 Å². The van der Waals surface area contributed by atoms with Crippen LogP contribution < -0.4 is 16.0 Å². The third-order valence-electron chi connectivity index (χ3n) is 3.03. The van der Waals surface area contributed by atoms with Crippen LogP contribution >= 0.6 is 0 Å². The molecule has 5 nitrogen and oxygen atoms in total. The predicted octanol–water partition coefficient (Wildman–Crippen LogP) is 1.50. The Kier molecular flexibility index (Phi) is 9.94. The van der Waals surface area contributed by atoms with Crippen molar-refractivity contribution in [2.45, 2.75) is 53.0 Å². The first kappa shape index (κ1) is 17.7. The molecule has 0 rings (SSSR count). The lowest BCUT2D eigenvalue weighted by molar-refractivity contribution is -0.121. The van der Waals surface area contributed by atoms with Crippen LogP contribution in [0.4, 0.5) is 0 Å². The number of amides is 1. The first-order valence-electron chi connectivity index (χ1n) is 7.27. The van der Waals surface area contributed by atoms with Crippen molar-refractivity contribution in [2.24, 2.45) is 10.9 Å². The van der Waals surface area contributed by atoms with Gasteiger partial charge in [-0.1, -0.05) is 26.7 Å². The fourth-order valence-electron chi connectivity index (χ4n) is 1.73. The number of hydrogen-bond donors (Lipinski definition) is 3. The van der Waals surface area contributed by atoms with Crippen molar-refractivity contribution in [3.8, 4) is 0 Å². The average Bonchev–Trinajstić information content (AvgIpc) is 2.36. The van der Waals surface area contributed by atoms with Crippen molar-refractivity contribution in [3.63, 3.8) is 0 Å². The van der Waals surface area contributed by atoms with Crippen LogP contribution in [-0.2, 0) is 4.79 Å². The topological polar surface area (TPSA) is 65.5 Å². The molecule has 0 bridgehead atoms. The normalized spacial score (nSPS) is 11.8. The first-order valence-corrected chi connectivity index (χ1v) is 7.27. The van der Waals surface area contributed by atoms with Gasteiger partial charge in [-0.25, -0.2) is 0 Å². The highest BCUT2D eigenvalue weighted by atomic mass is 16.1. The van der Waals surface area contributed by atoms with E-state index in [1.807, 2.05) is 13.8 Å². The zero-order valence-corrected chi connectivity index (χ0v) is 13.0. The quantitative estimate of drug-likeness (QED) is 0.462. The van der Waals surface area contributed by atoms with E-state index in [0.717, 1.165) is 25.3 Å². The van der Waals surface area contributed by atoms with Gasteiger partial charge in [0.05, 0.1) is 0 Å². The molecule has 0 fully saturated rings. The fraction of sp³-hybridized carbons (Fsp3) is 0.857. The molecule has 0 aromatic heterocycles. The fourth-order valence-corrected chi connectivity index (χ4v) is 1.73. The summed E-state index contributed by atoms with van der Waals surface area (Å²) in [5.74, 6) is 1.50. The maximum absolute atomic E-state index is 11.5. The highest BCUT2D eigenvalue weighted by molar-refractivity contribution is 5.81. The average molecular weight is 270 g/mol. The lowest BCUT2D eigenvalue weighted by atomic mass is 10.0. The summed E-state index contributed by atoms with van der Waals surface area (Å²) >= 11 is 0. The van der Waals surface area contributed by atoms with Gasteiger partial charge in [-0.15, -0.1) is 0 Å². The van der Waals surface area contributed by atoms with Gasteiger partial charge in [-0.2, -0.15) is 0 Å². The Balaban J connectivity index is 3.86. The summed E-state index contributed by atoms with van der Waals surface area (Å²) in [5, 5.41) is 9.31. The molecule has 5 heteroatoms. The van der Waals surface area contributed by atoms with Crippen molar-refractivity contribution < 1.29 is 4.79 Å². The van der Waals surface area contributed by atoms with Gasteiger partial charge in [0.1, 0.15) is 0 Å². The van der Waals surface area contributed by atoms with E-state index < -0.39 is 0 Å². The first-order chi connectivity index (χ1) is 9.03. The third-order valence-corrected chi connectivity index (χ3v) is 3.03. The van der Waals surface area contributed by atoms with E-state index in [1.54, 1.807) is 7.05 Å². The summed E-state index contributed by atoms with van der Waals surface area (Å²) in [7, 11) is 1.75. The van der Waals surface area contributed by atoms with E-state index in [0.29, 0.717) is 18.9 Å². The second kappa shape index (κ2) is 10.6. The molecular weight excluding hydrogens is 240 g/mol. The van der Waals surface area contributed by atoms with Crippen LogP contribution in [0.5, 0.6) is 0 Å². The summed E-state index contributed by atoms with van der Waals surface area (Å²) in [6, 6.07) is 0.194. The second-order valence-corrected chi connectivity index (χ2v) is 5.03. The summed E-state index contributed by atoms with van der Waals surface area (Å²) in [5.41, 5.74) is 0. The van der Waals surface area contributed by atoms with Crippen molar-refractivity contribution in [1.82, 2.24) is 16.0 Å². The van der Waals surface area contributed by atoms with E-state index in [9.17, 15) is 4.79 Å². The molecule has 0 atom stereocenters. The molecule has 19 heavy (non-hydrogen) atoms. The number of carbonyl (C=O) groups is 1. The molecule has 0 aromatic rings. The van der Waals surface area contributed by atoms with Crippen LogP contribution in [0.25, 0.3) is 0 Å². The number of carbonyl (C=O) groups excluding carboxylic acids is 1. The summed E-state index contributed by atoms with van der Waals surface area (Å²) < 4.78 is 0. The second-order valence-electron chi connectivity index (χ2n) is 5.03. The molecule has 1 amide bonds. The van der Waals surface area contributed by atoms with E-state index in [4.69, 9.17) is 0 Å². The van der Waals surface area contributed by atoms with Crippen molar-refractivity contribution >= 4 is 11.9 Å². The zero-order chi connectivity index (χ0) is 14.7. The lowest BCUT2D eigenvalue weighted by Crippen LogP contribution is -2.41. The largest absolute Gasteiger partial charge is 0.356 e. The Morgan fingerprint density at radius 1 is 1.16 bits per heavy atom. The predicted molar refractivity (Wildman–Crippen MR) is 81.3 cm³/mol. The van der Waals surface area contributed by atoms with E-state index in [1.165, 1.54) is 0 Å². The minimum absolute atomic E-state index is 0.0675. The molecule has 0 spiro atoms. The van der Waals surface area contributed by atoms with Crippen LogP contribution in [0.1, 0.15) is 47.0 Å². The van der Waals surface area contributed by atoms with Gasteiger partial charge in [-0.05, 0) is 19.8 Å². The van der Waals surface area contributed by atoms with Crippen LogP contribution in [0.2, 0.25) is 0 Å². The smallest absolute Gasteiger partial charge is 0.221 e. The molecule has 3 N–H and O–H groups in total. The molecule has 0 radical (unpaired) electrons. The van der Waals surface area contributed by atoms with Crippen LogP contribution in [0.15, 0.2) is 4.99 Å². The Labute approximate surface area is 117 Å². The van der Waals surface area contributed by atoms with Crippen LogP contribution in [0, 0.1) is 5.92 Å². The van der Waals surface area contributed by atoms with Crippen LogP contribution in [-0.4, -0.2) is 38.0 Å². The molecule has 0 aliphatic heterocycles. The van der Waals surface area contributed by atoms with Crippen molar-refractivity contribution in [1.29, 1.82) is 0 Å². The Hall–Kier alpha value is -1.26. The molecule has 112 valence electrons. The number of hydrogen-bond acceptors (Lipinski definition) is 2. The molecule has 0 aromatic carbocycles. The summed E-state index contributed by atoms with van der Waals surface area (Å²) in [4.78, 5) is 15.6. The van der Waals surface area contributed by atoms with Gasteiger partial charge in [0.25, 0.3) is 0 Å². The summed E-state index contributed by atoms with van der Waals surface area (Å²) in [6.07, 6.45) is 2.79. The number of guanidine groups is 1. The minimum Gasteiger partial charge on any atom is -0.356 e. The maximum Gasteiger partial charge on any atom is 0.221 e. The van der Waals surface area contributed by atoms with E-state index in [-0.39, 0.29) is 11.9 Å². The highest BCUT2D eigenvalue weighted by Gasteiger charge is 2.06. The van der Waals surface area contributed by atoms with E-state index >= 15 is 0 Å². The number of nitrogens with one attached hydrogen (secondary N) is 3. The van der Waals surface area contributed by atoms with Gasteiger partial charge in [0.2, 0.25) is 5.91 Å². The number of rotatable bonds is 8. The SMILES string of the molecule is CCC(CC)CNC(=NC)NCCC(=O)NC(C)C. The molecule has 0 heterocycles. The molecule has 0 saturated heterocycles. The summed E-state index contributed by atoms with van der Waals surface area (Å²) in [6.45, 7) is 9.83. The highest BCUT2D eigenvalue weighted by Crippen LogP contribution is 2.04. The molecule has 0 saturated carbocycles. The minimum atomic E-state index is 0.0675. The van der Waals surface area contributed by atoms with Gasteiger partial charge in [0, 0.05) is 32.6 Å². The molecular formula is C14H30N4O. The Morgan fingerprint density at radius 2 is 1.79 bits per heavy atom.